The number of H-pyrrole nitrogens is 1. The van der Waals surface area contributed by atoms with Crippen molar-refractivity contribution < 1.29 is 13.5 Å². The van der Waals surface area contributed by atoms with Crippen molar-refractivity contribution in [2.45, 2.75) is 5.03 Å². The number of anilines is 1. The van der Waals surface area contributed by atoms with Crippen molar-refractivity contribution in [2.75, 3.05) is 11.3 Å². The molecule has 0 aromatic carbocycles. The lowest BCUT2D eigenvalue weighted by molar-refractivity contribution is 0.350. The highest BCUT2D eigenvalue weighted by Crippen LogP contribution is 2.12. The number of aliphatic hydroxyl groups excluding tert-OH is 1. The summed E-state index contributed by atoms with van der Waals surface area (Å²) in [6.07, 6.45) is 2.76. The summed E-state index contributed by atoms with van der Waals surface area (Å²) in [6.45, 7) is -0.266. The average Bonchev–Trinajstić information content (AvgIpc) is 2.91. The van der Waals surface area contributed by atoms with Crippen LogP contribution in [0.3, 0.4) is 0 Å². The fourth-order valence-electron chi connectivity index (χ4n) is 1.29. The Labute approximate surface area is 109 Å². The van der Waals surface area contributed by atoms with E-state index in [2.05, 4.69) is 31.7 Å². The number of nitrogens with one attached hydrogen (secondary N) is 2. The molecule has 0 fully saturated rings. The standard InChI is InChI=1S/C11H10N4O3S/c16-7-1-2-9-3-5-12-10(8-9)15-19(17,18)11-4-6-13-14-11/h3-6,8,16H,7H2,(H,12,15)(H,13,14). The van der Waals surface area contributed by atoms with Gasteiger partial charge >= 0.3 is 0 Å². The molecule has 19 heavy (non-hydrogen) atoms. The minimum atomic E-state index is -3.74. The van der Waals surface area contributed by atoms with Crippen LogP contribution in [0, 0.1) is 11.8 Å². The molecule has 2 heterocycles. The molecule has 0 aliphatic rings. The maximum absolute atomic E-state index is 11.9. The number of pyridine rings is 1. The Morgan fingerprint density at radius 1 is 1.37 bits per heavy atom. The Balaban J connectivity index is 2.25. The maximum atomic E-state index is 11.9. The predicted octanol–water partition coefficient (Wildman–Crippen LogP) is -0.0507. The van der Waals surface area contributed by atoms with E-state index < -0.39 is 10.0 Å². The van der Waals surface area contributed by atoms with E-state index in [1.165, 1.54) is 24.5 Å². The van der Waals surface area contributed by atoms with Crippen molar-refractivity contribution in [1.82, 2.24) is 15.2 Å². The number of aliphatic hydroxyl groups is 1. The first-order valence-electron chi connectivity index (χ1n) is 5.20. The summed E-state index contributed by atoms with van der Waals surface area (Å²) in [7, 11) is -3.74. The van der Waals surface area contributed by atoms with Gasteiger partial charge in [-0.05, 0) is 18.2 Å². The van der Waals surface area contributed by atoms with E-state index in [9.17, 15) is 8.42 Å². The van der Waals surface area contributed by atoms with Crippen LogP contribution in [0.25, 0.3) is 0 Å². The first-order chi connectivity index (χ1) is 9.12. The topological polar surface area (TPSA) is 108 Å². The Morgan fingerprint density at radius 2 is 2.21 bits per heavy atom. The van der Waals surface area contributed by atoms with Crippen LogP contribution in [0.5, 0.6) is 0 Å². The SMILES string of the molecule is O=S(=O)(Nc1cc(C#CCO)ccn1)c1ccn[nH]1. The zero-order valence-corrected chi connectivity index (χ0v) is 10.5. The molecule has 2 rings (SSSR count). The molecule has 2 aromatic heterocycles. The highest BCUT2D eigenvalue weighted by molar-refractivity contribution is 7.92. The second kappa shape index (κ2) is 5.51. The Hall–Kier alpha value is -2.37. The molecular weight excluding hydrogens is 268 g/mol. The summed E-state index contributed by atoms with van der Waals surface area (Å²) >= 11 is 0. The summed E-state index contributed by atoms with van der Waals surface area (Å²) in [6, 6.07) is 4.41. The quantitative estimate of drug-likeness (QED) is 0.682. The molecule has 8 heteroatoms. The largest absolute Gasteiger partial charge is 0.384 e. The normalized spacial score (nSPS) is 10.6. The van der Waals surface area contributed by atoms with E-state index in [0.29, 0.717) is 5.56 Å². The van der Waals surface area contributed by atoms with Gasteiger partial charge in [0.05, 0.1) is 6.20 Å². The summed E-state index contributed by atoms with van der Waals surface area (Å²) in [5.74, 6) is 5.27. The molecule has 0 aliphatic carbocycles. The van der Waals surface area contributed by atoms with Crippen LogP contribution in [0.1, 0.15) is 5.56 Å². The average molecular weight is 278 g/mol. The van der Waals surface area contributed by atoms with Crippen LogP contribution >= 0.6 is 0 Å². The molecule has 0 radical (unpaired) electrons. The first-order valence-corrected chi connectivity index (χ1v) is 6.68. The fraction of sp³-hybridized carbons (Fsp3) is 0.0909. The Kier molecular flexibility index (Phi) is 3.79. The summed E-state index contributed by atoms with van der Waals surface area (Å²) in [5, 5.41) is 14.5. The van der Waals surface area contributed by atoms with Gasteiger partial charge in [-0.15, -0.1) is 0 Å². The van der Waals surface area contributed by atoms with Crippen molar-refractivity contribution in [2.24, 2.45) is 0 Å². The van der Waals surface area contributed by atoms with E-state index in [0.717, 1.165) is 0 Å². The maximum Gasteiger partial charge on any atom is 0.279 e. The number of rotatable bonds is 3. The lowest BCUT2D eigenvalue weighted by Gasteiger charge is -2.05. The lowest BCUT2D eigenvalue weighted by Crippen LogP contribution is -2.14. The lowest BCUT2D eigenvalue weighted by atomic mass is 10.2. The highest BCUT2D eigenvalue weighted by Gasteiger charge is 2.15. The van der Waals surface area contributed by atoms with E-state index in [1.807, 2.05) is 0 Å². The molecule has 0 saturated heterocycles. The number of sulfonamides is 1. The molecule has 0 atom stereocenters. The van der Waals surface area contributed by atoms with Gasteiger partial charge in [0.2, 0.25) is 0 Å². The van der Waals surface area contributed by atoms with Gasteiger partial charge < -0.3 is 5.11 Å². The summed E-state index contributed by atoms with van der Waals surface area (Å²) in [4.78, 5) is 3.89. The number of aromatic nitrogens is 3. The molecule has 7 nitrogen and oxygen atoms in total. The van der Waals surface area contributed by atoms with Crippen molar-refractivity contribution in [3.63, 3.8) is 0 Å². The molecule has 0 aliphatic heterocycles. The van der Waals surface area contributed by atoms with Gasteiger partial charge in [0.25, 0.3) is 10.0 Å². The second-order valence-corrected chi connectivity index (χ2v) is 5.07. The van der Waals surface area contributed by atoms with Gasteiger partial charge in [-0.1, -0.05) is 11.8 Å². The predicted molar refractivity (Wildman–Crippen MR) is 67.6 cm³/mol. The van der Waals surface area contributed by atoms with Crippen molar-refractivity contribution in [1.29, 1.82) is 0 Å². The second-order valence-electron chi connectivity index (χ2n) is 3.42. The minimum absolute atomic E-state index is 0.0545. The number of nitrogens with zero attached hydrogens (tertiary/aromatic N) is 2. The van der Waals surface area contributed by atoms with Crippen molar-refractivity contribution >= 4 is 15.8 Å². The van der Waals surface area contributed by atoms with Gasteiger partial charge in [-0.25, -0.2) is 4.98 Å². The molecule has 0 amide bonds. The van der Waals surface area contributed by atoms with E-state index in [1.54, 1.807) is 6.07 Å². The Morgan fingerprint density at radius 3 is 2.89 bits per heavy atom. The zero-order chi connectivity index (χ0) is 13.7. The molecule has 3 N–H and O–H groups in total. The number of hydrogen-bond donors (Lipinski definition) is 3. The summed E-state index contributed by atoms with van der Waals surface area (Å²) in [5.41, 5.74) is 0.548. The molecule has 0 bridgehead atoms. The first kappa shape index (κ1) is 13.1. The van der Waals surface area contributed by atoms with Crippen LogP contribution in [-0.4, -0.2) is 35.3 Å². The van der Waals surface area contributed by atoms with Gasteiger partial charge in [0.15, 0.2) is 5.03 Å². The number of aromatic amines is 1. The van der Waals surface area contributed by atoms with E-state index >= 15 is 0 Å². The number of hydrogen-bond acceptors (Lipinski definition) is 5. The third kappa shape index (κ3) is 3.31. The molecule has 0 spiro atoms. The van der Waals surface area contributed by atoms with Gasteiger partial charge in [-0.3, -0.25) is 9.82 Å². The van der Waals surface area contributed by atoms with Crippen LogP contribution in [0.2, 0.25) is 0 Å². The van der Waals surface area contributed by atoms with Crippen molar-refractivity contribution in [3.8, 4) is 11.8 Å². The smallest absolute Gasteiger partial charge is 0.279 e. The molecule has 0 saturated carbocycles. The van der Waals surface area contributed by atoms with Crippen LogP contribution < -0.4 is 4.72 Å². The van der Waals surface area contributed by atoms with Crippen LogP contribution in [-0.2, 0) is 10.0 Å². The van der Waals surface area contributed by atoms with Crippen LogP contribution in [0.4, 0.5) is 5.82 Å². The molecule has 2 aromatic rings. The monoisotopic (exact) mass is 278 g/mol. The summed E-state index contributed by atoms with van der Waals surface area (Å²) < 4.78 is 26.1. The third-order valence-corrected chi connectivity index (χ3v) is 3.36. The zero-order valence-electron chi connectivity index (χ0n) is 9.66. The van der Waals surface area contributed by atoms with Crippen LogP contribution in [0.15, 0.2) is 35.6 Å². The molecule has 0 unspecified atom stereocenters. The Bertz CT molecular complexity index is 714. The van der Waals surface area contributed by atoms with Gasteiger partial charge in [0, 0.05) is 11.8 Å². The highest BCUT2D eigenvalue weighted by atomic mass is 32.2. The third-order valence-electron chi connectivity index (χ3n) is 2.08. The molecule has 98 valence electrons. The van der Waals surface area contributed by atoms with E-state index in [4.69, 9.17) is 5.11 Å². The van der Waals surface area contributed by atoms with Crippen molar-refractivity contribution in [3.05, 3.63) is 36.2 Å². The van der Waals surface area contributed by atoms with Gasteiger partial charge in [-0.2, -0.15) is 13.5 Å². The fourth-order valence-corrected chi connectivity index (χ4v) is 2.20. The molecular formula is C11H10N4O3S. The minimum Gasteiger partial charge on any atom is -0.384 e. The van der Waals surface area contributed by atoms with E-state index in [-0.39, 0.29) is 17.5 Å². The van der Waals surface area contributed by atoms with Gasteiger partial charge in [0.1, 0.15) is 12.4 Å².